The van der Waals surface area contributed by atoms with Crippen LogP contribution in [0.5, 0.6) is 17.2 Å². The predicted octanol–water partition coefficient (Wildman–Crippen LogP) is 3.35. The summed E-state index contributed by atoms with van der Waals surface area (Å²) in [6.45, 7) is 0.999. The topological polar surface area (TPSA) is 44.8 Å². The molecule has 0 fully saturated rings. The van der Waals surface area contributed by atoms with Crippen molar-refractivity contribution in [1.29, 1.82) is 0 Å². The number of ether oxygens (including phenoxy) is 3. The van der Waals surface area contributed by atoms with Crippen molar-refractivity contribution in [1.82, 2.24) is 0 Å². The van der Waals surface area contributed by atoms with Crippen molar-refractivity contribution in [2.45, 2.75) is 0 Å². The molecule has 0 unspecified atom stereocenters. The summed E-state index contributed by atoms with van der Waals surface area (Å²) in [7, 11) is 1.55. The van der Waals surface area contributed by atoms with E-state index in [0.717, 1.165) is 0 Å². The first-order valence-corrected chi connectivity index (χ1v) is 6.85. The highest BCUT2D eigenvalue weighted by atomic mass is 35.5. The Balaban J connectivity index is 1.95. The van der Waals surface area contributed by atoms with Gasteiger partial charge in [-0.3, -0.25) is 4.79 Å². The molecule has 0 radical (unpaired) electrons. The Bertz CT molecular complexity index is 697. The summed E-state index contributed by atoms with van der Waals surface area (Å²) < 4.78 is 16.0. The molecule has 0 saturated heterocycles. The van der Waals surface area contributed by atoms with Crippen molar-refractivity contribution < 1.29 is 19.0 Å². The summed E-state index contributed by atoms with van der Waals surface area (Å²) >= 11 is 6.14. The lowest BCUT2D eigenvalue weighted by Gasteiger charge is -2.18. The number of methoxy groups -OCH3 is 1. The summed E-state index contributed by atoms with van der Waals surface area (Å²) in [6, 6.07) is 10.1. The zero-order valence-electron chi connectivity index (χ0n) is 11.4. The van der Waals surface area contributed by atoms with E-state index in [0.29, 0.717) is 46.6 Å². The van der Waals surface area contributed by atoms with E-state index < -0.39 is 0 Å². The second-order valence-corrected chi connectivity index (χ2v) is 4.94. The number of rotatable bonds is 3. The molecule has 0 spiro atoms. The Hall–Kier alpha value is -2.20. The predicted molar refractivity (Wildman–Crippen MR) is 78.9 cm³/mol. The van der Waals surface area contributed by atoms with Gasteiger partial charge in [0.25, 0.3) is 0 Å². The number of carbonyl (C=O) groups excluding carboxylic acids is 1. The molecule has 0 aliphatic carbocycles. The zero-order chi connectivity index (χ0) is 14.8. The van der Waals surface area contributed by atoms with E-state index in [1.54, 1.807) is 43.5 Å². The second-order valence-electron chi connectivity index (χ2n) is 4.53. The molecule has 0 N–H and O–H groups in total. The van der Waals surface area contributed by atoms with Crippen molar-refractivity contribution in [3.63, 3.8) is 0 Å². The number of carbonyl (C=O) groups is 1. The molecule has 0 atom stereocenters. The van der Waals surface area contributed by atoms with E-state index in [4.69, 9.17) is 25.8 Å². The lowest BCUT2D eigenvalue weighted by atomic mass is 10.0. The van der Waals surface area contributed by atoms with Gasteiger partial charge in [-0.25, -0.2) is 0 Å². The molecule has 5 heteroatoms. The maximum absolute atomic E-state index is 12.5. The highest BCUT2D eigenvalue weighted by Gasteiger charge is 2.18. The Kier molecular flexibility index (Phi) is 3.71. The first-order chi connectivity index (χ1) is 10.2. The first-order valence-electron chi connectivity index (χ1n) is 6.47. The molecule has 1 aliphatic heterocycles. The number of ketones is 1. The molecule has 0 amide bonds. The Morgan fingerprint density at radius 1 is 1.10 bits per heavy atom. The van der Waals surface area contributed by atoms with Gasteiger partial charge in [0.1, 0.15) is 19.0 Å². The van der Waals surface area contributed by atoms with Gasteiger partial charge in [0, 0.05) is 11.1 Å². The van der Waals surface area contributed by atoms with Crippen molar-refractivity contribution in [3.05, 3.63) is 52.5 Å². The molecule has 3 rings (SSSR count). The average Bonchev–Trinajstić information content (AvgIpc) is 2.53. The number of benzene rings is 2. The second kappa shape index (κ2) is 5.66. The summed E-state index contributed by atoms with van der Waals surface area (Å²) in [5, 5.41) is 0.356. The molecule has 2 aromatic rings. The van der Waals surface area contributed by atoms with Crippen molar-refractivity contribution in [2.24, 2.45) is 0 Å². The monoisotopic (exact) mass is 304 g/mol. The fourth-order valence-corrected chi connectivity index (χ4v) is 2.40. The molecular formula is C16H13ClO4. The van der Waals surface area contributed by atoms with Gasteiger partial charge < -0.3 is 14.2 Å². The van der Waals surface area contributed by atoms with E-state index in [1.807, 2.05) is 0 Å². The van der Waals surface area contributed by atoms with Crippen molar-refractivity contribution in [3.8, 4) is 17.2 Å². The smallest absolute Gasteiger partial charge is 0.194 e. The third-order valence-electron chi connectivity index (χ3n) is 3.23. The largest absolute Gasteiger partial charge is 0.497 e. The van der Waals surface area contributed by atoms with Gasteiger partial charge >= 0.3 is 0 Å². The van der Waals surface area contributed by atoms with Crippen LogP contribution in [0.1, 0.15) is 15.9 Å². The minimum atomic E-state index is -0.167. The lowest BCUT2D eigenvalue weighted by molar-refractivity contribution is 0.103. The van der Waals surface area contributed by atoms with Crippen molar-refractivity contribution in [2.75, 3.05) is 20.3 Å². The maximum atomic E-state index is 12.5. The molecule has 0 bridgehead atoms. The fourth-order valence-electron chi connectivity index (χ4n) is 2.15. The van der Waals surface area contributed by atoms with Gasteiger partial charge in [-0.1, -0.05) is 11.6 Å². The third kappa shape index (κ3) is 2.67. The number of halogens is 1. The molecule has 0 saturated carbocycles. The van der Waals surface area contributed by atoms with Crippen LogP contribution in [0.4, 0.5) is 0 Å². The SMILES string of the molecule is COc1ccc(C(=O)c2ccc3c(c2)OCCO3)c(Cl)c1. The number of hydrogen-bond acceptors (Lipinski definition) is 4. The molecule has 1 heterocycles. The van der Waals surface area contributed by atoms with Crippen LogP contribution in [-0.2, 0) is 0 Å². The van der Waals surface area contributed by atoms with Gasteiger partial charge in [0.05, 0.1) is 12.1 Å². The fraction of sp³-hybridized carbons (Fsp3) is 0.188. The molecule has 2 aromatic carbocycles. The molecule has 1 aliphatic rings. The summed E-state index contributed by atoms with van der Waals surface area (Å²) in [6.07, 6.45) is 0. The normalized spacial score (nSPS) is 12.9. The maximum Gasteiger partial charge on any atom is 0.194 e. The molecular weight excluding hydrogens is 292 g/mol. The Morgan fingerprint density at radius 3 is 2.57 bits per heavy atom. The summed E-state index contributed by atoms with van der Waals surface area (Å²) in [5.74, 6) is 1.67. The molecule has 21 heavy (non-hydrogen) atoms. The van der Waals surface area contributed by atoms with Crippen molar-refractivity contribution >= 4 is 17.4 Å². The Morgan fingerprint density at radius 2 is 1.86 bits per heavy atom. The molecule has 4 nitrogen and oxygen atoms in total. The standard InChI is InChI=1S/C16H13ClO4/c1-19-11-3-4-12(13(17)9-11)16(18)10-2-5-14-15(8-10)21-7-6-20-14/h2-5,8-9H,6-7H2,1H3. The van der Waals surface area contributed by atoms with Gasteiger partial charge in [-0.15, -0.1) is 0 Å². The molecule has 0 aromatic heterocycles. The number of fused-ring (bicyclic) bond motifs is 1. The van der Waals surface area contributed by atoms with Gasteiger partial charge in [0.15, 0.2) is 17.3 Å². The average molecular weight is 305 g/mol. The van der Waals surface area contributed by atoms with E-state index in [9.17, 15) is 4.79 Å². The number of hydrogen-bond donors (Lipinski definition) is 0. The zero-order valence-corrected chi connectivity index (χ0v) is 12.1. The van der Waals surface area contributed by atoms with Gasteiger partial charge in [0.2, 0.25) is 0 Å². The van der Waals surface area contributed by atoms with Crippen LogP contribution in [0, 0.1) is 0 Å². The first kappa shape index (κ1) is 13.8. The van der Waals surface area contributed by atoms with Crippen LogP contribution in [0.25, 0.3) is 0 Å². The lowest BCUT2D eigenvalue weighted by Crippen LogP contribution is -2.16. The van der Waals surface area contributed by atoms with E-state index >= 15 is 0 Å². The quantitative estimate of drug-likeness (QED) is 0.816. The van der Waals surface area contributed by atoms with Crippen LogP contribution in [0.2, 0.25) is 5.02 Å². The van der Waals surface area contributed by atoms with E-state index in [-0.39, 0.29) is 5.78 Å². The van der Waals surface area contributed by atoms with E-state index in [1.165, 1.54) is 0 Å². The van der Waals surface area contributed by atoms with Crippen LogP contribution in [0.3, 0.4) is 0 Å². The van der Waals surface area contributed by atoms with E-state index in [2.05, 4.69) is 0 Å². The van der Waals surface area contributed by atoms with Gasteiger partial charge in [-0.05, 0) is 36.4 Å². The Labute approximate surface area is 127 Å². The van der Waals surface area contributed by atoms with Crippen LogP contribution < -0.4 is 14.2 Å². The van der Waals surface area contributed by atoms with Crippen LogP contribution >= 0.6 is 11.6 Å². The van der Waals surface area contributed by atoms with Crippen LogP contribution in [0.15, 0.2) is 36.4 Å². The summed E-state index contributed by atoms with van der Waals surface area (Å²) in [4.78, 5) is 12.5. The van der Waals surface area contributed by atoms with Gasteiger partial charge in [-0.2, -0.15) is 0 Å². The minimum Gasteiger partial charge on any atom is -0.497 e. The highest BCUT2D eigenvalue weighted by Crippen LogP contribution is 2.32. The molecule has 108 valence electrons. The summed E-state index contributed by atoms with van der Waals surface area (Å²) in [5.41, 5.74) is 0.931. The van der Waals surface area contributed by atoms with Crippen LogP contribution in [-0.4, -0.2) is 26.1 Å². The highest BCUT2D eigenvalue weighted by molar-refractivity contribution is 6.35. The third-order valence-corrected chi connectivity index (χ3v) is 3.54. The minimum absolute atomic E-state index is 0.167.